The zero-order chi connectivity index (χ0) is 24.2. The average molecular weight is 482 g/mol. The molecule has 1 aliphatic heterocycles. The van der Waals surface area contributed by atoms with Crippen LogP contribution in [0.5, 0.6) is 0 Å². The number of anilines is 1. The highest BCUT2D eigenvalue weighted by molar-refractivity contribution is 5.57. The standard InChI is InChI=1S/C22H19F9N2/c23-20(24,25)13-3-4-17-16(8-13)19(9-18(33-17)12-1-2-12)32-10-11-5-14(21(26,27)28)7-15(6-11)22(29,30)31/h3-8,12,18-19,32-33H,1-2,9-10H2/t18-,19-/m0/s1. The molecule has 1 heterocycles. The summed E-state index contributed by atoms with van der Waals surface area (Å²) in [6, 6.07) is 3.80. The summed E-state index contributed by atoms with van der Waals surface area (Å²) in [5, 5.41) is 6.12. The quantitative estimate of drug-likeness (QED) is 0.452. The van der Waals surface area contributed by atoms with Gasteiger partial charge in [0, 0.05) is 24.3 Å². The maximum absolute atomic E-state index is 13.2. The Morgan fingerprint density at radius 3 is 1.85 bits per heavy atom. The van der Waals surface area contributed by atoms with Crippen LogP contribution in [0.3, 0.4) is 0 Å². The van der Waals surface area contributed by atoms with Crippen LogP contribution in [0.15, 0.2) is 36.4 Å². The summed E-state index contributed by atoms with van der Waals surface area (Å²) in [6.07, 6.45) is -12.3. The van der Waals surface area contributed by atoms with Gasteiger partial charge in [-0.2, -0.15) is 39.5 Å². The van der Waals surface area contributed by atoms with Crippen LogP contribution in [0, 0.1) is 5.92 Å². The molecule has 0 bridgehead atoms. The maximum atomic E-state index is 13.2. The van der Waals surface area contributed by atoms with E-state index in [1.807, 2.05) is 0 Å². The van der Waals surface area contributed by atoms with Crippen LogP contribution < -0.4 is 10.6 Å². The van der Waals surface area contributed by atoms with Crippen molar-refractivity contribution >= 4 is 5.69 Å². The molecule has 0 aromatic heterocycles. The Morgan fingerprint density at radius 2 is 1.33 bits per heavy atom. The molecular formula is C22H19F9N2. The molecule has 2 aliphatic rings. The van der Waals surface area contributed by atoms with Crippen molar-refractivity contribution in [1.29, 1.82) is 0 Å². The Bertz CT molecular complexity index is 988. The normalized spacial score (nSPS) is 21.5. The molecule has 1 fully saturated rings. The number of halogens is 9. The van der Waals surface area contributed by atoms with Crippen molar-refractivity contribution in [2.75, 3.05) is 5.32 Å². The van der Waals surface area contributed by atoms with E-state index in [2.05, 4.69) is 10.6 Å². The van der Waals surface area contributed by atoms with Gasteiger partial charge in [0.1, 0.15) is 0 Å². The minimum absolute atomic E-state index is 0.0426. The fraction of sp³-hybridized carbons (Fsp3) is 0.455. The van der Waals surface area contributed by atoms with E-state index < -0.39 is 41.3 Å². The second-order valence-corrected chi connectivity index (χ2v) is 8.47. The molecule has 2 atom stereocenters. The lowest BCUT2D eigenvalue weighted by molar-refractivity contribution is -0.143. The van der Waals surface area contributed by atoms with Crippen molar-refractivity contribution in [2.24, 2.45) is 5.92 Å². The molecule has 2 aromatic rings. The van der Waals surface area contributed by atoms with Gasteiger partial charge in [-0.05, 0) is 72.7 Å². The van der Waals surface area contributed by atoms with Gasteiger partial charge in [-0.15, -0.1) is 0 Å². The minimum atomic E-state index is -4.98. The summed E-state index contributed by atoms with van der Waals surface area (Å²) in [6.45, 7) is -0.370. The maximum Gasteiger partial charge on any atom is 0.416 e. The lowest BCUT2D eigenvalue weighted by atomic mass is 9.89. The Morgan fingerprint density at radius 1 is 0.758 bits per heavy atom. The SMILES string of the molecule is FC(F)(F)c1cc(CN[C@H]2C[C@@H](C3CC3)Nc3ccc(C(F)(F)F)cc32)cc(C(F)(F)F)c1. The fourth-order valence-corrected chi connectivity index (χ4v) is 4.16. The molecular weight excluding hydrogens is 463 g/mol. The van der Waals surface area contributed by atoms with Gasteiger partial charge in [-0.25, -0.2) is 0 Å². The molecule has 2 aromatic carbocycles. The number of rotatable bonds is 4. The highest BCUT2D eigenvalue weighted by Gasteiger charge is 2.39. The third-order valence-electron chi connectivity index (χ3n) is 5.98. The van der Waals surface area contributed by atoms with Crippen molar-refractivity contribution in [2.45, 2.75) is 56.4 Å². The number of nitrogens with one attached hydrogen (secondary N) is 2. The minimum Gasteiger partial charge on any atom is -0.382 e. The van der Waals surface area contributed by atoms with Gasteiger partial charge >= 0.3 is 18.5 Å². The topological polar surface area (TPSA) is 24.1 Å². The molecule has 33 heavy (non-hydrogen) atoms. The molecule has 11 heteroatoms. The van der Waals surface area contributed by atoms with Crippen molar-refractivity contribution in [3.63, 3.8) is 0 Å². The Kier molecular flexibility index (Phi) is 5.83. The molecule has 2 nitrogen and oxygen atoms in total. The smallest absolute Gasteiger partial charge is 0.382 e. The zero-order valence-corrected chi connectivity index (χ0v) is 16.9. The van der Waals surface area contributed by atoms with Gasteiger partial charge in [-0.3, -0.25) is 0 Å². The summed E-state index contributed by atoms with van der Waals surface area (Å²) < 4.78 is 118. The largest absolute Gasteiger partial charge is 0.416 e. The van der Waals surface area contributed by atoms with Crippen molar-refractivity contribution in [3.05, 3.63) is 64.2 Å². The Balaban J connectivity index is 1.64. The molecule has 0 saturated heterocycles. The van der Waals surface area contributed by atoms with Crippen LogP contribution in [0.4, 0.5) is 45.2 Å². The first-order chi connectivity index (χ1) is 15.2. The van der Waals surface area contributed by atoms with Crippen LogP contribution in [-0.2, 0) is 25.1 Å². The van der Waals surface area contributed by atoms with E-state index in [1.54, 1.807) is 0 Å². The van der Waals surface area contributed by atoms with E-state index in [1.165, 1.54) is 6.07 Å². The lowest BCUT2D eigenvalue weighted by Crippen LogP contribution is -2.36. The number of hydrogen-bond acceptors (Lipinski definition) is 2. The van der Waals surface area contributed by atoms with E-state index in [0.717, 1.165) is 25.0 Å². The number of benzene rings is 2. The first-order valence-electron chi connectivity index (χ1n) is 10.2. The molecule has 0 radical (unpaired) electrons. The summed E-state index contributed by atoms with van der Waals surface area (Å²) in [7, 11) is 0. The van der Waals surface area contributed by atoms with Crippen LogP contribution in [-0.4, -0.2) is 6.04 Å². The first-order valence-corrected chi connectivity index (χ1v) is 10.2. The van der Waals surface area contributed by atoms with Gasteiger partial charge in [0.15, 0.2) is 0 Å². The third-order valence-corrected chi connectivity index (χ3v) is 5.98. The molecule has 0 unspecified atom stereocenters. The van der Waals surface area contributed by atoms with Crippen molar-refractivity contribution < 1.29 is 39.5 Å². The van der Waals surface area contributed by atoms with Gasteiger partial charge in [-0.1, -0.05) is 0 Å². The predicted molar refractivity (Wildman–Crippen MR) is 102 cm³/mol. The first kappa shape index (κ1) is 23.7. The summed E-state index contributed by atoms with van der Waals surface area (Å²) >= 11 is 0. The molecule has 1 saturated carbocycles. The van der Waals surface area contributed by atoms with Crippen LogP contribution in [0.1, 0.15) is 53.1 Å². The molecule has 0 amide bonds. The summed E-state index contributed by atoms with van der Waals surface area (Å²) in [5.41, 5.74) is -3.25. The monoisotopic (exact) mass is 482 g/mol. The van der Waals surface area contributed by atoms with Gasteiger partial charge in [0.2, 0.25) is 0 Å². The predicted octanol–water partition coefficient (Wildman–Crippen LogP) is 7.17. The van der Waals surface area contributed by atoms with E-state index in [0.29, 0.717) is 30.2 Å². The second-order valence-electron chi connectivity index (χ2n) is 8.47. The van der Waals surface area contributed by atoms with Crippen LogP contribution in [0.2, 0.25) is 0 Å². The molecule has 180 valence electrons. The number of alkyl halides is 9. The highest BCUT2D eigenvalue weighted by atomic mass is 19.4. The molecule has 1 aliphatic carbocycles. The number of hydrogen-bond donors (Lipinski definition) is 2. The fourth-order valence-electron chi connectivity index (χ4n) is 4.16. The van der Waals surface area contributed by atoms with E-state index >= 15 is 0 Å². The Hall–Kier alpha value is -2.43. The van der Waals surface area contributed by atoms with Crippen molar-refractivity contribution in [1.82, 2.24) is 5.32 Å². The van der Waals surface area contributed by atoms with Gasteiger partial charge in [0.05, 0.1) is 16.7 Å². The highest BCUT2D eigenvalue weighted by Crippen LogP contribution is 2.44. The summed E-state index contributed by atoms with van der Waals surface area (Å²) in [4.78, 5) is 0. The van der Waals surface area contributed by atoms with Gasteiger partial charge in [0.25, 0.3) is 0 Å². The summed E-state index contributed by atoms with van der Waals surface area (Å²) in [5.74, 6) is 0.329. The lowest BCUT2D eigenvalue weighted by Gasteiger charge is -2.34. The Labute approximate surface area is 183 Å². The molecule has 0 spiro atoms. The van der Waals surface area contributed by atoms with E-state index in [-0.39, 0.29) is 29.8 Å². The van der Waals surface area contributed by atoms with Crippen LogP contribution in [0.25, 0.3) is 0 Å². The number of fused-ring (bicyclic) bond motifs is 1. The third kappa shape index (κ3) is 5.39. The molecule has 4 rings (SSSR count). The molecule has 2 N–H and O–H groups in total. The van der Waals surface area contributed by atoms with E-state index in [9.17, 15) is 39.5 Å². The van der Waals surface area contributed by atoms with E-state index in [4.69, 9.17) is 0 Å². The van der Waals surface area contributed by atoms with Crippen molar-refractivity contribution in [3.8, 4) is 0 Å². The average Bonchev–Trinajstić information content (AvgIpc) is 3.54. The van der Waals surface area contributed by atoms with Crippen LogP contribution >= 0.6 is 0 Å². The zero-order valence-electron chi connectivity index (χ0n) is 16.9. The second kappa shape index (κ2) is 8.11. The van der Waals surface area contributed by atoms with Gasteiger partial charge < -0.3 is 10.6 Å².